The van der Waals surface area contributed by atoms with Crippen molar-refractivity contribution in [2.45, 2.75) is 51.9 Å². The van der Waals surface area contributed by atoms with Crippen molar-refractivity contribution in [3.63, 3.8) is 0 Å². The quantitative estimate of drug-likeness (QED) is 0.683. The van der Waals surface area contributed by atoms with Crippen LogP contribution in [-0.4, -0.2) is 41.0 Å². The average molecular weight is 351 g/mol. The van der Waals surface area contributed by atoms with Crippen LogP contribution in [0.2, 0.25) is 0 Å². The van der Waals surface area contributed by atoms with Crippen molar-refractivity contribution in [1.82, 2.24) is 34.4 Å². The van der Waals surface area contributed by atoms with E-state index in [1.54, 1.807) is 17.3 Å². The highest BCUT2D eigenvalue weighted by Crippen LogP contribution is 2.31. The second-order valence-corrected chi connectivity index (χ2v) is 6.76. The zero-order valence-corrected chi connectivity index (χ0v) is 15.2. The first-order chi connectivity index (χ1) is 12.8. The molecule has 0 saturated carbocycles. The summed E-state index contributed by atoms with van der Waals surface area (Å²) < 4.78 is 3.82. The maximum absolute atomic E-state index is 4.89. The molecule has 1 atom stereocenters. The zero-order valence-electron chi connectivity index (χ0n) is 15.2. The number of aryl methyl sites for hydroxylation is 1. The molecule has 136 valence electrons. The molecule has 2 aromatic heterocycles. The predicted molar refractivity (Wildman–Crippen MR) is 98.3 cm³/mol. The van der Waals surface area contributed by atoms with Gasteiger partial charge < -0.3 is 0 Å². The Morgan fingerprint density at radius 3 is 2.77 bits per heavy atom. The van der Waals surface area contributed by atoms with Crippen LogP contribution in [0, 0.1) is 0 Å². The molecule has 1 aliphatic rings. The first-order valence-corrected chi connectivity index (χ1v) is 9.37. The summed E-state index contributed by atoms with van der Waals surface area (Å²) in [5, 5.41) is 8.88. The molecule has 0 amide bonds. The fraction of sp³-hybridized carbons (Fsp3) is 0.474. The number of piperidine rings is 1. The summed E-state index contributed by atoms with van der Waals surface area (Å²) in [4.78, 5) is 11.4. The largest absolute Gasteiger partial charge is 0.289 e. The second kappa shape index (κ2) is 7.78. The van der Waals surface area contributed by atoms with Crippen molar-refractivity contribution in [1.29, 1.82) is 0 Å². The third-order valence-electron chi connectivity index (χ3n) is 4.95. The standard InChI is InChI=1S/C19H25N7/c1-2-26-19(22-18(23-26)13-25-15-20-14-21-25)17-10-6-7-11-24(17)12-16-8-4-3-5-9-16/h3-5,8-9,14-15,17H,2,6-7,10-13H2,1H3/t17-/m0/s1. The zero-order chi connectivity index (χ0) is 17.8. The second-order valence-electron chi connectivity index (χ2n) is 6.76. The molecule has 7 nitrogen and oxygen atoms in total. The number of aromatic nitrogens is 6. The summed E-state index contributed by atoms with van der Waals surface area (Å²) in [7, 11) is 0. The third kappa shape index (κ3) is 3.67. The van der Waals surface area contributed by atoms with E-state index in [0.29, 0.717) is 12.6 Å². The van der Waals surface area contributed by atoms with Crippen molar-refractivity contribution in [2.75, 3.05) is 6.54 Å². The number of rotatable bonds is 6. The van der Waals surface area contributed by atoms with Gasteiger partial charge in [0.15, 0.2) is 5.82 Å². The maximum atomic E-state index is 4.89. The van der Waals surface area contributed by atoms with Crippen LogP contribution >= 0.6 is 0 Å². The lowest BCUT2D eigenvalue weighted by molar-refractivity contribution is 0.130. The van der Waals surface area contributed by atoms with Crippen molar-refractivity contribution < 1.29 is 0 Å². The van der Waals surface area contributed by atoms with Gasteiger partial charge in [0, 0.05) is 13.1 Å². The van der Waals surface area contributed by atoms with Crippen LogP contribution < -0.4 is 0 Å². The molecule has 0 spiro atoms. The van der Waals surface area contributed by atoms with E-state index in [1.807, 2.05) is 0 Å². The smallest absolute Gasteiger partial charge is 0.172 e. The number of likely N-dealkylation sites (tertiary alicyclic amines) is 1. The molecule has 0 radical (unpaired) electrons. The molecule has 3 heterocycles. The first-order valence-electron chi connectivity index (χ1n) is 9.37. The highest BCUT2D eigenvalue weighted by molar-refractivity contribution is 5.15. The van der Waals surface area contributed by atoms with E-state index < -0.39 is 0 Å². The van der Waals surface area contributed by atoms with Crippen molar-refractivity contribution >= 4 is 0 Å². The highest BCUT2D eigenvalue weighted by Gasteiger charge is 2.28. The van der Waals surface area contributed by atoms with Gasteiger partial charge in [-0.05, 0) is 31.9 Å². The minimum atomic E-state index is 0.320. The topological polar surface area (TPSA) is 64.7 Å². The lowest BCUT2D eigenvalue weighted by Gasteiger charge is -2.35. The lowest BCUT2D eigenvalue weighted by Crippen LogP contribution is -2.34. The molecule has 4 rings (SSSR count). The molecule has 0 N–H and O–H groups in total. The van der Waals surface area contributed by atoms with Gasteiger partial charge >= 0.3 is 0 Å². The molecular weight excluding hydrogens is 326 g/mol. The van der Waals surface area contributed by atoms with Gasteiger partial charge in [-0.1, -0.05) is 36.8 Å². The summed E-state index contributed by atoms with van der Waals surface area (Å²) in [6, 6.07) is 11.0. The van der Waals surface area contributed by atoms with Gasteiger partial charge in [0.05, 0.1) is 6.04 Å². The first kappa shape index (κ1) is 16.9. The molecule has 7 heteroatoms. The van der Waals surface area contributed by atoms with Crippen molar-refractivity contribution in [3.8, 4) is 0 Å². The van der Waals surface area contributed by atoms with Gasteiger partial charge in [0.25, 0.3) is 0 Å². The monoisotopic (exact) mass is 351 g/mol. The molecule has 1 saturated heterocycles. The highest BCUT2D eigenvalue weighted by atomic mass is 15.4. The molecule has 1 aliphatic heterocycles. The summed E-state index contributed by atoms with van der Waals surface area (Å²) in [5.41, 5.74) is 1.35. The van der Waals surface area contributed by atoms with E-state index >= 15 is 0 Å². The average Bonchev–Trinajstić information content (AvgIpc) is 3.33. The van der Waals surface area contributed by atoms with Gasteiger partial charge in [-0.2, -0.15) is 10.2 Å². The Bertz CT molecular complexity index is 810. The van der Waals surface area contributed by atoms with Gasteiger partial charge in [0.2, 0.25) is 0 Å². The van der Waals surface area contributed by atoms with Gasteiger partial charge in [-0.25, -0.2) is 19.3 Å². The van der Waals surface area contributed by atoms with Crippen molar-refractivity contribution in [2.24, 2.45) is 0 Å². The molecule has 1 fully saturated rings. The van der Waals surface area contributed by atoms with Crippen molar-refractivity contribution in [3.05, 3.63) is 60.2 Å². The number of hydrogen-bond donors (Lipinski definition) is 0. The maximum Gasteiger partial charge on any atom is 0.172 e. The van der Waals surface area contributed by atoms with Crippen LogP contribution in [0.3, 0.4) is 0 Å². The molecular formula is C19H25N7. The van der Waals surface area contributed by atoms with Crippen LogP contribution in [-0.2, 0) is 19.6 Å². The summed E-state index contributed by atoms with van der Waals surface area (Å²) in [6.45, 7) is 5.58. The number of benzene rings is 1. The van der Waals surface area contributed by atoms with E-state index in [1.165, 1.54) is 18.4 Å². The third-order valence-corrected chi connectivity index (χ3v) is 4.95. The SMILES string of the molecule is CCn1nc(Cn2cncn2)nc1[C@@H]1CCCCN1Cc1ccccc1. The Morgan fingerprint density at radius 2 is 2.00 bits per heavy atom. The Kier molecular flexibility index (Phi) is 5.06. The minimum Gasteiger partial charge on any atom is -0.289 e. The normalized spacial score (nSPS) is 18.3. The fourth-order valence-corrected chi connectivity index (χ4v) is 3.70. The summed E-state index contributed by atoms with van der Waals surface area (Å²) in [6.07, 6.45) is 6.86. The Labute approximate surface area is 153 Å². The van der Waals surface area contributed by atoms with Gasteiger partial charge in [-0.15, -0.1) is 0 Å². The van der Waals surface area contributed by atoms with Crippen LogP contribution in [0.15, 0.2) is 43.0 Å². The Morgan fingerprint density at radius 1 is 1.12 bits per heavy atom. The molecule has 0 unspecified atom stereocenters. The molecule has 1 aromatic carbocycles. The van der Waals surface area contributed by atoms with Gasteiger partial charge in [-0.3, -0.25) is 4.90 Å². The van der Waals surface area contributed by atoms with E-state index in [-0.39, 0.29) is 0 Å². The number of hydrogen-bond acceptors (Lipinski definition) is 5. The lowest BCUT2D eigenvalue weighted by atomic mass is 10.0. The van der Waals surface area contributed by atoms with Crippen LogP contribution in [0.25, 0.3) is 0 Å². The van der Waals surface area contributed by atoms with Crippen LogP contribution in [0.1, 0.15) is 49.4 Å². The van der Waals surface area contributed by atoms with E-state index in [9.17, 15) is 0 Å². The minimum absolute atomic E-state index is 0.320. The van der Waals surface area contributed by atoms with Gasteiger partial charge in [0.1, 0.15) is 25.0 Å². The molecule has 0 bridgehead atoms. The molecule has 0 aliphatic carbocycles. The van der Waals surface area contributed by atoms with E-state index in [4.69, 9.17) is 10.1 Å². The van der Waals surface area contributed by atoms with Crippen LogP contribution in [0.5, 0.6) is 0 Å². The Hall–Kier alpha value is -2.54. The summed E-state index contributed by atoms with van der Waals surface area (Å²) in [5.74, 6) is 1.89. The number of nitrogens with zero attached hydrogens (tertiary/aromatic N) is 7. The molecule has 3 aromatic rings. The summed E-state index contributed by atoms with van der Waals surface area (Å²) >= 11 is 0. The molecule has 26 heavy (non-hydrogen) atoms. The predicted octanol–water partition coefficient (Wildman–Crippen LogP) is 2.67. The Balaban J connectivity index is 1.58. The fourth-order valence-electron chi connectivity index (χ4n) is 3.70. The van der Waals surface area contributed by atoms with Crippen LogP contribution in [0.4, 0.5) is 0 Å². The van der Waals surface area contributed by atoms with E-state index in [2.05, 4.69) is 56.9 Å². The van der Waals surface area contributed by atoms with E-state index in [0.717, 1.165) is 37.7 Å².